The molecule has 0 unspecified atom stereocenters. The first-order valence-corrected chi connectivity index (χ1v) is 13.2. The van der Waals surface area contributed by atoms with E-state index in [1.54, 1.807) is 6.92 Å². The van der Waals surface area contributed by atoms with Gasteiger partial charge in [-0.3, -0.25) is 14.4 Å². The van der Waals surface area contributed by atoms with Gasteiger partial charge in [0.15, 0.2) is 5.82 Å². The average molecular weight is 509 g/mol. The molecule has 5 aromatic rings. The number of hydrogen-bond donors (Lipinski definition) is 1. The predicted octanol–water partition coefficient (Wildman–Crippen LogP) is 3.47. The third kappa shape index (κ3) is 4.84. The number of hydrogen-bond acceptors (Lipinski definition) is 6. The van der Waals surface area contributed by atoms with Crippen molar-refractivity contribution in [3.8, 4) is 11.1 Å². The first-order chi connectivity index (χ1) is 18.5. The number of fused-ring (bicyclic) bond motifs is 2. The van der Waals surface area contributed by atoms with E-state index in [0.29, 0.717) is 5.82 Å². The Labute approximate surface area is 221 Å². The van der Waals surface area contributed by atoms with Crippen molar-refractivity contribution >= 4 is 28.1 Å². The van der Waals surface area contributed by atoms with E-state index >= 15 is 0 Å². The van der Waals surface area contributed by atoms with Crippen LogP contribution in [0, 0.1) is 0 Å². The standard InChI is InChI=1S/C29H32N8O/c1-21(38)35-14-12-34(13-15-35)11-5-8-25-17-26(28-29(30)31-20-32-37(25)28)23-9-10-24-19-36(33-27(24)16-23)18-22-6-3-2-4-7-22/h2-4,6-7,9-10,16-17,19-20H,5,8,11-15,18H2,1H3,(H2,30,31,32). The molecule has 1 fully saturated rings. The van der Waals surface area contributed by atoms with Crippen LogP contribution in [0.5, 0.6) is 0 Å². The number of carbonyl (C=O) groups is 1. The Kier molecular flexibility index (Phi) is 6.51. The molecule has 6 rings (SSSR count). The zero-order valence-electron chi connectivity index (χ0n) is 21.6. The highest BCUT2D eigenvalue weighted by atomic mass is 16.2. The van der Waals surface area contributed by atoms with Gasteiger partial charge in [0.2, 0.25) is 5.91 Å². The summed E-state index contributed by atoms with van der Waals surface area (Å²) in [4.78, 5) is 20.2. The van der Waals surface area contributed by atoms with Crippen LogP contribution in [0.25, 0.3) is 27.5 Å². The number of amides is 1. The number of carbonyl (C=O) groups excluding carboxylic acids is 1. The summed E-state index contributed by atoms with van der Waals surface area (Å²) in [6.45, 7) is 6.82. The van der Waals surface area contributed by atoms with Crippen LogP contribution in [0.1, 0.15) is 24.6 Å². The van der Waals surface area contributed by atoms with E-state index in [1.807, 2.05) is 32.3 Å². The molecule has 0 bridgehead atoms. The van der Waals surface area contributed by atoms with Gasteiger partial charge < -0.3 is 10.6 Å². The molecular weight excluding hydrogens is 476 g/mol. The van der Waals surface area contributed by atoms with Crippen LogP contribution in [0.4, 0.5) is 5.82 Å². The molecule has 2 aromatic carbocycles. The maximum atomic E-state index is 11.6. The second-order valence-corrected chi connectivity index (χ2v) is 9.99. The van der Waals surface area contributed by atoms with Gasteiger partial charge in [-0.2, -0.15) is 10.2 Å². The minimum absolute atomic E-state index is 0.162. The first-order valence-electron chi connectivity index (χ1n) is 13.2. The third-order valence-corrected chi connectivity index (χ3v) is 7.43. The summed E-state index contributed by atoms with van der Waals surface area (Å²) in [5, 5.41) is 10.5. The van der Waals surface area contributed by atoms with Crippen LogP contribution in [-0.2, 0) is 17.8 Å². The van der Waals surface area contributed by atoms with Crippen LogP contribution in [0.15, 0.2) is 67.1 Å². The van der Waals surface area contributed by atoms with Gasteiger partial charge >= 0.3 is 0 Å². The van der Waals surface area contributed by atoms with Crippen molar-refractivity contribution in [3.05, 3.63) is 78.4 Å². The number of aryl methyl sites for hydroxylation is 1. The Morgan fingerprint density at radius 2 is 1.84 bits per heavy atom. The number of aromatic nitrogens is 5. The maximum absolute atomic E-state index is 11.6. The molecule has 1 aliphatic heterocycles. The van der Waals surface area contributed by atoms with Crippen molar-refractivity contribution in [1.29, 1.82) is 0 Å². The fourth-order valence-corrected chi connectivity index (χ4v) is 5.39. The molecule has 9 heteroatoms. The minimum Gasteiger partial charge on any atom is -0.382 e. The summed E-state index contributed by atoms with van der Waals surface area (Å²) in [6.07, 6.45) is 5.48. The van der Waals surface area contributed by atoms with E-state index in [2.05, 4.69) is 57.6 Å². The molecule has 0 spiro atoms. The maximum Gasteiger partial charge on any atom is 0.219 e. The van der Waals surface area contributed by atoms with Crippen molar-refractivity contribution in [2.75, 3.05) is 38.5 Å². The lowest BCUT2D eigenvalue weighted by Gasteiger charge is -2.34. The molecule has 0 radical (unpaired) electrons. The van der Waals surface area contributed by atoms with Gasteiger partial charge in [0.05, 0.1) is 12.1 Å². The van der Waals surface area contributed by atoms with Crippen molar-refractivity contribution in [1.82, 2.24) is 34.2 Å². The smallest absolute Gasteiger partial charge is 0.219 e. The Bertz CT molecular complexity index is 1580. The fourth-order valence-electron chi connectivity index (χ4n) is 5.39. The highest BCUT2D eigenvalue weighted by Crippen LogP contribution is 2.32. The summed E-state index contributed by atoms with van der Waals surface area (Å²) in [5.41, 5.74) is 12.5. The SMILES string of the molecule is CC(=O)N1CCN(CCCc2cc(-c3ccc4cn(Cc5ccccc5)nc4c3)c3c(N)ncnn23)CC1. The Balaban J connectivity index is 1.23. The number of piperazine rings is 1. The van der Waals surface area contributed by atoms with E-state index in [1.165, 1.54) is 11.9 Å². The Hall–Kier alpha value is -4.24. The molecular formula is C29H32N8O. The molecule has 1 aliphatic rings. The third-order valence-electron chi connectivity index (χ3n) is 7.43. The molecule has 3 aromatic heterocycles. The number of anilines is 1. The Morgan fingerprint density at radius 1 is 1.03 bits per heavy atom. The van der Waals surface area contributed by atoms with Crippen molar-refractivity contribution in [2.45, 2.75) is 26.3 Å². The van der Waals surface area contributed by atoms with E-state index in [-0.39, 0.29) is 5.91 Å². The number of nitrogens with zero attached hydrogens (tertiary/aromatic N) is 7. The zero-order valence-corrected chi connectivity index (χ0v) is 21.6. The second kappa shape index (κ2) is 10.3. The van der Waals surface area contributed by atoms with Gasteiger partial charge in [0, 0.05) is 55.9 Å². The van der Waals surface area contributed by atoms with Crippen molar-refractivity contribution in [3.63, 3.8) is 0 Å². The molecule has 9 nitrogen and oxygen atoms in total. The first kappa shape index (κ1) is 24.1. The summed E-state index contributed by atoms with van der Waals surface area (Å²) >= 11 is 0. The quantitative estimate of drug-likeness (QED) is 0.362. The Morgan fingerprint density at radius 3 is 2.63 bits per heavy atom. The molecule has 0 saturated carbocycles. The summed E-state index contributed by atoms with van der Waals surface area (Å²) in [6, 6.07) is 18.9. The highest BCUT2D eigenvalue weighted by Gasteiger charge is 2.19. The molecule has 0 aliphatic carbocycles. The normalized spacial score (nSPS) is 14.5. The second-order valence-electron chi connectivity index (χ2n) is 9.99. The highest BCUT2D eigenvalue weighted by molar-refractivity contribution is 5.92. The number of rotatable bonds is 7. The van der Waals surface area contributed by atoms with Gasteiger partial charge in [-0.15, -0.1) is 0 Å². The summed E-state index contributed by atoms with van der Waals surface area (Å²) in [7, 11) is 0. The van der Waals surface area contributed by atoms with Gasteiger partial charge in [-0.05, 0) is 42.6 Å². The van der Waals surface area contributed by atoms with Crippen LogP contribution in [0.3, 0.4) is 0 Å². The minimum atomic E-state index is 0.162. The average Bonchev–Trinajstić information content (AvgIpc) is 3.51. The van der Waals surface area contributed by atoms with Crippen LogP contribution >= 0.6 is 0 Å². The van der Waals surface area contributed by atoms with Crippen LogP contribution in [-0.4, -0.2) is 72.8 Å². The van der Waals surface area contributed by atoms with E-state index < -0.39 is 0 Å². The number of benzene rings is 2. The summed E-state index contributed by atoms with van der Waals surface area (Å²) in [5.74, 6) is 0.631. The predicted molar refractivity (Wildman–Crippen MR) is 149 cm³/mol. The lowest BCUT2D eigenvalue weighted by molar-refractivity contribution is -0.130. The molecule has 1 amide bonds. The molecule has 0 atom stereocenters. The van der Waals surface area contributed by atoms with Crippen LogP contribution < -0.4 is 5.73 Å². The van der Waals surface area contributed by atoms with Gasteiger partial charge in [-0.1, -0.05) is 42.5 Å². The monoisotopic (exact) mass is 508 g/mol. The molecule has 4 heterocycles. The lowest BCUT2D eigenvalue weighted by Crippen LogP contribution is -2.48. The van der Waals surface area contributed by atoms with Crippen molar-refractivity contribution in [2.24, 2.45) is 0 Å². The van der Waals surface area contributed by atoms with Gasteiger partial charge in [0.1, 0.15) is 11.8 Å². The summed E-state index contributed by atoms with van der Waals surface area (Å²) < 4.78 is 3.92. The van der Waals surface area contributed by atoms with Crippen LogP contribution in [0.2, 0.25) is 0 Å². The van der Waals surface area contributed by atoms with E-state index in [4.69, 9.17) is 10.8 Å². The van der Waals surface area contributed by atoms with E-state index in [9.17, 15) is 4.79 Å². The molecule has 2 N–H and O–H groups in total. The van der Waals surface area contributed by atoms with Crippen molar-refractivity contribution < 1.29 is 4.79 Å². The largest absolute Gasteiger partial charge is 0.382 e. The molecule has 194 valence electrons. The topological polar surface area (TPSA) is 97.6 Å². The van der Waals surface area contributed by atoms with Gasteiger partial charge in [0.25, 0.3) is 0 Å². The molecule has 38 heavy (non-hydrogen) atoms. The number of nitrogen functional groups attached to an aromatic ring is 1. The van der Waals surface area contributed by atoms with Gasteiger partial charge in [-0.25, -0.2) is 9.50 Å². The fraction of sp³-hybridized carbons (Fsp3) is 0.310. The van der Waals surface area contributed by atoms with E-state index in [0.717, 1.165) is 85.4 Å². The number of nitrogens with two attached hydrogens (primary N) is 1. The lowest BCUT2D eigenvalue weighted by atomic mass is 10.0. The molecule has 1 saturated heterocycles. The zero-order chi connectivity index (χ0) is 26.1.